The van der Waals surface area contributed by atoms with Gasteiger partial charge in [-0.05, 0) is 42.8 Å². The number of nitrogens with one attached hydrogen (secondary N) is 2. The summed E-state index contributed by atoms with van der Waals surface area (Å²) in [5, 5.41) is 7.58. The van der Waals surface area contributed by atoms with E-state index in [1.807, 2.05) is 12.1 Å². The van der Waals surface area contributed by atoms with E-state index < -0.39 is 5.91 Å². The molecular formula is C20H20FN5O. The fourth-order valence-electron chi connectivity index (χ4n) is 3.72. The van der Waals surface area contributed by atoms with Crippen molar-refractivity contribution in [3.8, 4) is 0 Å². The Morgan fingerprint density at radius 3 is 2.89 bits per heavy atom. The summed E-state index contributed by atoms with van der Waals surface area (Å²) in [4.78, 5) is 20.3. The molecule has 1 amide bonds. The second kappa shape index (κ2) is 7.28. The zero-order chi connectivity index (χ0) is 18.8. The molecule has 3 aromatic rings. The number of primary amides is 1. The monoisotopic (exact) mass is 365 g/mol. The van der Waals surface area contributed by atoms with Gasteiger partial charge in [0.2, 0.25) is 0 Å². The molecule has 6 nitrogen and oxygen atoms in total. The third-order valence-corrected chi connectivity index (χ3v) is 5.01. The molecule has 0 unspecified atom stereocenters. The first kappa shape index (κ1) is 17.4. The highest BCUT2D eigenvalue weighted by atomic mass is 19.1. The number of hydrogen-bond donors (Lipinski definition) is 3. The van der Waals surface area contributed by atoms with Crippen molar-refractivity contribution in [2.24, 2.45) is 5.73 Å². The second-order valence-corrected chi connectivity index (χ2v) is 6.69. The Balaban J connectivity index is 1.70. The third-order valence-electron chi connectivity index (χ3n) is 5.01. The van der Waals surface area contributed by atoms with Gasteiger partial charge in [-0.2, -0.15) is 0 Å². The lowest BCUT2D eigenvalue weighted by atomic mass is 9.86. The van der Waals surface area contributed by atoms with Crippen molar-refractivity contribution in [1.82, 2.24) is 15.3 Å². The largest absolute Gasteiger partial charge is 0.366 e. The highest BCUT2D eigenvalue weighted by Crippen LogP contribution is 2.30. The van der Waals surface area contributed by atoms with Crippen LogP contribution >= 0.6 is 0 Å². The van der Waals surface area contributed by atoms with Crippen molar-refractivity contribution >= 4 is 22.6 Å². The van der Waals surface area contributed by atoms with Gasteiger partial charge in [-0.1, -0.05) is 18.2 Å². The van der Waals surface area contributed by atoms with E-state index in [0.29, 0.717) is 16.9 Å². The van der Waals surface area contributed by atoms with E-state index in [-0.39, 0.29) is 17.8 Å². The zero-order valence-electron chi connectivity index (χ0n) is 14.7. The minimum Gasteiger partial charge on any atom is -0.366 e. The molecule has 1 aliphatic rings. The molecule has 4 N–H and O–H groups in total. The number of rotatable bonds is 4. The molecule has 1 aromatic heterocycles. The van der Waals surface area contributed by atoms with Gasteiger partial charge in [0.25, 0.3) is 5.91 Å². The topological polar surface area (TPSA) is 92.9 Å². The van der Waals surface area contributed by atoms with Crippen LogP contribution in [0.1, 0.15) is 28.3 Å². The van der Waals surface area contributed by atoms with Gasteiger partial charge in [0, 0.05) is 23.9 Å². The normalized spacial score (nSPS) is 19.7. The molecule has 0 saturated carbocycles. The van der Waals surface area contributed by atoms with Crippen LogP contribution in [-0.2, 0) is 0 Å². The number of fused-ring (bicyclic) bond motifs is 1. The molecule has 0 radical (unpaired) electrons. The number of nitrogens with zero attached hydrogens (tertiary/aromatic N) is 2. The molecule has 2 heterocycles. The second-order valence-electron chi connectivity index (χ2n) is 6.69. The van der Waals surface area contributed by atoms with E-state index in [1.54, 1.807) is 24.3 Å². The number of carbonyl (C=O) groups is 1. The average molecular weight is 365 g/mol. The van der Waals surface area contributed by atoms with Crippen LogP contribution in [0.4, 0.5) is 10.2 Å². The Morgan fingerprint density at radius 2 is 2.07 bits per heavy atom. The summed E-state index contributed by atoms with van der Waals surface area (Å²) < 4.78 is 13.7. The standard InChI is InChI=1S/C20H20FN5O/c21-13-4-1-3-12(9-13)14-7-8-23-10-17(14)26-20-16-6-2-5-15(19(22)27)18(16)24-11-25-20/h1-6,9,11,14,17,23H,7-8,10H2,(H2,22,27)(H,24,25,26)/t14-,17+/m0/s1. The van der Waals surface area contributed by atoms with Gasteiger partial charge in [-0.3, -0.25) is 4.79 Å². The van der Waals surface area contributed by atoms with E-state index >= 15 is 0 Å². The lowest BCUT2D eigenvalue weighted by Crippen LogP contribution is -2.44. The number of amides is 1. The molecule has 1 fully saturated rings. The molecule has 27 heavy (non-hydrogen) atoms. The van der Waals surface area contributed by atoms with Crippen molar-refractivity contribution in [1.29, 1.82) is 0 Å². The SMILES string of the molecule is NC(=O)c1cccc2c(N[C@@H]3CNCC[C@H]3c3cccc(F)c3)ncnc12. The molecule has 1 aliphatic heterocycles. The maximum Gasteiger partial charge on any atom is 0.250 e. The Morgan fingerprint density at radius 1 is 1.22 bits per heavy atom. The van der Waals surface area contributed by atoms with E-state index in [1.165, 1.54) is 12.4 Å². The fourth-order valence-corrected chi connectivity index (χ4v) is 3.72. The number of nitrogens with two attached hydrogens (primary N) is 1. The van der Waals surface area contributed by atoms with Crippen molar-refractivity contribution in [2.75, 3.05) is 18.4 Å². The summed E-state index contributed by atoms with van der Waals surface area (Å²) in [6.07, 6.45) is 2.31. The summed E-state index contributed by atoms with van der Waals surface area (Å²) in [7, 11) is 0. The van der Waals surface area contributed by atoms with Crippen LogP contribution in [-0.4, -0.2) is 35.0 Å². The summed E-state index contributed by atoms with van der Waals surface area (Å²) in [5.41, 5.74) is 7.31. The van der Waals surface area contributed by atoms with Crippen LogP contribution in [0.3, 0.4) is 0 Å². The minimum absolute atomic E-state index is 0.0240. The lowest BCUT2D eigenvalue weighted by Gasteiger charge is -2.33. The van der Waals surface area contributed by atoms with E-state index in [4.69, 9.17) is 5.73 Å². The van der Waals surface area contributed by atoms with Crippen LogP contribution < -0.4 is 16.4 Å². The predicted octanol–water partition coefficient (Wildman–Crippen LogP) is 2.43. The molecule has 138 valence electrons. The van der Waals surface area contributed by atoms with Gasteiger partial charge < -0.3 is 16.4 Å². The Bertz CT molecular complexity index is 993. The molecule has 0 bridgehead atoms. The average Bonchev–Trinajstić information content (AvgIpc) is 2.68. The molecule has 7 heteroatoms. The number of para-hydroxylation sites is 1. The minimum atomic E-state index is -0.526. The van der Waals surface area contributed by atoms with Crippen LogP contribution in [0.25, 0.3) is 10.9 Å². The Hall–Kier alpha value is -3.06. The first-order valence-electron chi connectivity index (χ1n) is 8.90. The van der Waals surface area contributed by atoms with Gasteiger partial charge in [0.1, 0.15) is 18.0 Å². The van der Waals surface area contributed by atoms with Crippen LogP contribution in [0.5, 0.6) is 0 Å². The summed E-state index contributed by atoms with van der Waals surface area (Å²) in [6.45, 7) is 1.60. The zero-order valence-corrected chi connectivity index (χ0v) is 14.7. The first-order chi connectivity index (χ1) is 13.1. The summed E-state index contributed by atoms with van der Waals surface area (Å²) >= 11 is 0. The number of halogens is 1. The molecule has 1 saturated heterocycles. The number of carbonyl (C=O) groups excluding carboxylic acids is 1. The van der Waals surface area contributed by atoms with Crippen LogP contribution in [0.15, 0.2) is 48.8 Å². The van der Waals surface area contributed by atoms with E-state index in [2.05, 4.69) is 20.6 Å². The smallest absolute Gasteiger partial charge is 0.250 e. The maximum atomic E-state index is 13.7. The number of benzene rings is 2. The summed E-state index contributed by atoms with van der Waals surface area (Å²) in [5.74, 6) is 0.0232. The highest BCUT2D eigenvalue weighted by molar-refractivity contribution is 6.06. The fraction of sp³-hybridized carbons (Fsp3) is 0.250. The Kier molecular flexibility index (Phi) is 4.68. The maximum absolute atomic E-state index is 13.7. The molecule has 0 aliphatic carbocycles. The van der Waals surface area contributed by atoms with Gasteiger partial charge in [0.05, 0.1) is 11.1 Å². The number of anilines is 1. The van der Waals surface area contributed by atoms with E-state index in [9.17, 15) is 9.18 Å². The molecular weight excluding hydrogens is 345 g/mol. The van der Waals surface area contributed by atoms with Gasteiger partial charge in [-0.25, -0.2) is 14.4 Å². The highest BCUT2D eigenvalue weighted by Gasteiger charge is 2.27. The molecule has 2 aromatic carbocycles. The molecule has 4 rings (SSSR count). The molecule has 2 atom stereocenters. The van der Waals surface area contributed by atoms with Crippen molar-refractivity contribution in [3.05, 3.63) is 65.7 Å². The van der Waals surface area contributed by atoms with Gasteiger partial charge >= 0.3 is 0 Å². The van der Waals surface area contributed by atoms with Gasteiger partial charge in [0.15, 0.2) is 0 Å². The van der Waals surface area contributed by atoms with Crippen molar-refractivity contribution in [2.45, 2.75) is 18.4 Å². The molecule has 0 spiro atoms. The van der Waals surface area contributed by atoms with Gasteiger partial charge in [-0.15, -0.1) is 0 Å². The lowest BCUT2D eigenvalue weighted by molar-refractivity contribution is 0.100. The van der Waals surface area contributed by atoms with Crippen LogP contribution in [0, 0.1) is 5.82 Å². The van der Waals surface area contributed by atoms with Crippen LogP contribution in [0.2, 0.25) is 0 Å². The third kappa shape index (κ3) is 3.46. The number of aromatic nitrogens is 2. The number of piperidine rings is 1. The number of hydrogen-bond acceptors (Lipinski definition) is 5. The van der Waals surface area contributed by atoms with Crippen molar-refractivity contribution < 1.29 is 9.18 Å². The van der Waals surface area contributed by atoms with E-state index in [0.717, 1.165) is 30.5 Å². The first-order valence-corrected chi connectivity index (χ1v) is 8.90. The summed E-state index contributed by atoms with van der Waals surface area (Å²) in [6, 6.07) is 12.0. The van der Waals surface area contributed by atoms with Crippen molar-refractivity contribution in [3.63, 3.8) is 0 Å². The Labute approximate surface area is 156 Å². The quantitative estimate of drug-likeness (QED) is 0.660. The predicted molar refractivity (Wildman–Crippen MR) is 102 cm³/mol.